The van der Waals surface area contributed by atoms with E-state index in [0.717, 1.165) is 18.5 Å². The molecule has 0 fully saturated rings. The maximum Gasteiger partial charge on any atom is 0.248 e. The summed E-state index contributed by atoms with van der Waals surface area (Å²) in [6, 6.07) is 7.08. The SMILES string of the molecule is CCCCCCCCNC(N)=NCc1ccc(C(N)=O)cc1. The number of rotatable bonds is 10. The third kappa shape index (κ3) is 7.67. The van der Waals surface area contributed by atoms with Crippen LogP contribution in [-0.4, -0.2) is 18.4 Å². The predicted octanol–water partition coefficient (Wildman–Crippen LogP) is 2.55. The Morgan fingerprint density at radius 3 is 2.32 bits per heavy atom. The zero-order valence-corrected chi connectivity index (χ0v) is 13.5. The first kappa shape index (κ1) is 18.0. The molecule has 0 spiro atoms. The Morgan fingerprint density at radius 2 is 1.68 bits per heavy atom. The molecule has 0 unspecified atom stereocenters. The van der Waals surface area contributed by atoms with Crippen molar-refractivity contribution in [1.82, 2.24) is 5.32 Å². The average molecular weight is 304 g/mol. The molecule has 5 nitrogen and oxygen atoms in total. The van der Waals surface area contributed by atoms with E-state index in [-0.39, 0.29) is 0 Å². The van der Waals surface area contributed by atoms with Gasteiger partial charge in [0.15, 0.2) is 5.96 Å². The van der Waals surface area contributed by atoms with Crippen molar-refractivity contribution in [2.45, 2.75) is 52.0 Å². The fourth-order valence-corrected chi connectivity index (χ4v) is 2.13. The summed E-state index contributed by atoms with van der Waals surface area (Å²) in [7, 11) is 0. The van der Waals surface area contributed by atoms with Crippen LogP contribution in [0.4, 0.5) is 0 Å². The number of carbonyl (C=O) groups is 1. The third-order valence-corrected chi connectivity index (χ3v) is 3.51. The molecule has 0 aliphatic carbocycles. The lowest BCUT2D eigenvalue weighted by Gasteiger charge is -2.06. The molecule has 1 aromatic carbocycles. The highest BCUT2D eigenvalue weighted by Gasteiger charge is 1.99. The van der Waals surface area contributed by atoms with Crippen LogP contribution in [-0.2, 0) is 6.54 Å². The van der Waals surface area contributed by atoms with Crippen molar-refractivity contribution in [3.05, 3.63) is 35.4 Å². The summed E-state index contributed by atoms with van der Waals surface area (Å²) in [5.74, 6) is 0.0442. The Labute approximate surface area is 133 Å². The molecule has 0 aliphatic heterocycles. The largest absolute Gasteiger partial charge is 0.370 e. The van der Waals surface area contributed by atoms with Crippen LogP contribution >= 0.6 is 0 Å². The fraction of sp³-hybridized carbons (Fsp3) is 0.529. The smallest absolute Gasteiger partial charge is 0.248 e. The number of nitrogens with zero attached hydrogens (tertiary/aromatic N) is 1. The first-order valence-electron chi connectivity index (χ1n) is 8.06. The van der Waals surface area contributed by atoms with Gasteiger partial charge in [-0.05, 0) is 24.1 Å². The van der Waals surface area contributed by atoms with E-state index >= 15 is 0 Å². The van der Waals surface area contributed by atoms with Crippen LogP contribution in [0, 0.1) is 0 Å². The van der Waals surface area contributed by atoms with Crippen molar-refractivity contribution in [2.24, 2.45) is 16.5 Å². The van der Waals surface area contributed by atoms with Gasteiger partial charge in [-0.25, -0.2) is 4.99 Å². The van der Waals surface area contributed by atoms with Crippen molar-refractivity contribution in [3.8, 4) is 0 Å². The van der Waals surface area contributed by atoms with Gasteiger partial charge >= 0.3 is 0 Å². The summed E-state index contributed by atoms with van der Waals surface area (Å²) in [6.07, 6.45) is 7.56. The lowest BCUT2D eigenvalue weighted by Crippen LogP contribution is -2.32. The number of nitrogens with two attached hydrogens (primary N) is 2. The normalized spacial score (nSPS) is 11.4. The number of aliphatic imine (C=N–C) groups is 1. The number of unbranched alkanes of at least 4 members (excludes halogenated alkanes) is 5. The van der Waals surface area contributed by atoms with Crippen LogP contribution in [0.15, 0.2) is 29.3 Å². The topological polar surface area (TPSA) is 93.5 Å². The van der Waals surface area contributed by atoms with Crippen molar-refractivity contribution < 1.29 is 4.79 Å². The van der Waals surface area contributed by atoms with Gasteiger partial charge in [0.1, 0.15) is 0 Å². The summed E-state index contributed by atoms with van der Waals surface area (Å²) in [4.78, 5) is 15.3. The van der Waals surface area contributed by atoms with E-state index in [1.54, 1.807) is 12.1 Å². The quantitative estimate of drug-likeness (QED) is 0.352. The average Bonchev–Trinajstić information content (AvgIpc) is 2.52. The van der Waals surface area contributed by atoms with Crippen LogP contribution in [0.5, 0.6) is 0 Å². The zero-order chi connectivity index (χ0) is 16.2. The lowest BCUT2D eigenvalue weighted by molar-refractivity contribution is 0.100. The molecular weight excluding hydrogens is 276 g/mol. The number of primary amides is 1. The molecule has 0 aromatic heterocycles. The van der Waals surface area contributed by atoms with Gasteiger partial charge in [0.25, 0.3) is 0 Å². The molecule has 1 rings (SSSR count). The number of amides is 1. The maximum absolute atomic E-state index is 11.0. The van der Waals surface area contributed by atoms with Crippen molar-refractivity contribution in [1.29, 1.82) is 0 Å². The number of benzene rings is 1. The fourth-order valence-electron chi connectivity index (χ4n) is 2.13. The first-order chi connectivity index (χ1) is 10.6. The summed E-state index contributed by atoms with van der Waals surface area (Å²) in [6.45, 7) is 3.58. The number of guanidine groups is 1. The molecule has 0 aliphatic rings. The van der Waals surface area contributed by atoms with E-state index in [1.165, 1.54) is 32.1 Å². The first-order valence-corrected chi connectivity index (χ1v) is 8.06. The van der Waals surface area contributed by atoms with Crippen LogP contribution in [0.3, 0.4) is 0 Å². The highest BCUT2D eigenvalue weighted by molar-refractivity contribution is 5.92. The van der Waals surface area contributed by atoms with Crippen molar-refractivity contribution >= 4 is 11.9 Å². The van der Waals surface area contributed by atoms with Gasteiger partial charge in [-0.3, -0.25) is 4.79 Å². The third-order valence-electron chi connectivity index (χ3n) is 3.51. The van der Waals surface area contributed by atoms with E-state index in [2.05, 4.69) is 17.2 Å². The molecule has 0 heterocycles. The van der Waals surface area contributed by atoms with Crippen LogP contribution in [0.25, 0.3) is 0 Å². The molecule has 5 heteroatoms. The Morgan fingerprint density at radius 1 is 1.05 bits per heavy atom. The van der Waals surface area contributed by atoms with Gasteiger partial charge in [0.2, 0.25) is 5.91 Å². The number of carbonyl (C=O) groups excluding carboxylic acids is 1. The van der Waals surface area contributed by atoms with Crippen LogP contribution in [0.1, 0.15) is 61.4 Å². The minimum absolute atomic E-state index is 0.421. The van der Waals surface area contributed by atoms with Gasteiger partial charge in [0.05, 0.1) is 6.54 Å². The molecule has 5 N–H and O–H groups in total. The van der Waals surface area contributed by atoms with Gasteiger partial charge < -0.3 is 16.8 Å². The van der Waals surface area contributed by atoms with E-state index in [4.69, 9.17) is 11.5 Å². The van der Waals surface area contributed by atoms with Crippen LogP contribution < -0.4 is 16.8 Å². The van der Waals surface area contributed by atoms with E-state index in [1.807, 2.05) is 12.1 Å². The van der Waals surface area contributed by atoms with E-state index < -0.39 is 5.91 Å². The number of nitrogens with one attached hydrogen (secondary N) is 1. The number of hydrogen-bond donors (Lipinski definition) is 3. The van der Waals surface area contributed by atoms with Gasteiger partial charge in [-0.15, -0.1) is 0 Å². The van der Waals surface area contributed by atoms with E-state index in [9.17, 15) is 4.79 Å². The van der Waals surface area contributed by atoms with Crippen molar-refractivity contribution in [2.75, 3.05) is 6.54 Å². The van der Waals surface area contributed by atoms with Gasteiger partial charge in [-0.2, -0.15) is 0 Å². The van der Waals surface area contributed by atoms with Gasteiger partial charge in [0, 0.05) is 12.1 Å². The second-order valence-electron chi connectivity index (χ2n) is 5.46. The standard InChI is InChI=1S/C17H28N4O/c1-2-3-4-5-6-7-12-20-17(19)21-13-14-8-10-15(11-9-14)16(18)22/h8-11H,2-7,12-13H2,1H3,(H2,18,22)(H3,19,20,21). The monoisotopic (exact) mass is 304 g/mol. The van der Waals surface area contributed by atoms with Crippen molar-refractivity contribution in [3.63, 3.8) is 0 Å². The summed E-state index contributed by atoms with van der Waals surface area (Å²) in [5.41, 5.74) is 12.5. The lowest BCUT2D eigenvalue weighted by atomic mass is 10.1. The second kappa shape index (κ2) is 10.7. The summed E-state index contributed by atoms with van der Waals surface area (Å²) >= 11 is 0. The molecule has 0 radical (unpaired) electrons. The highest BCUT2D eigenvalue weighted by Crippen LogP contribution is 2.05. The molecule has 22 heavy (non-hydrogen) atoms. The molecule has 0 bridgehead atoms. The molecule has 0 atom stereocenters. The molecule has 1 aromatic rings. The molecule has 0 saturated heterocycles. The minimum atomic E-state index is -0.421. The summed E-state index contributed by atoms with van der Waals surface area (Å²) in [5, 5.41) is 3.13. The molecule has 0 saturated carbocycles. The van der Waals surface area contributed by atoms with E-state index in [0.29, 0.717) is 18.1 Å². The molecular formula is C17H28N4O. The van der Waals surface area contributed by atoms with Gasteiger partial charge in [-0.1, -0.05) is 51.2 Å². The van der Waals surface area contributed by atoms with Crippen LogP contribution in [0.2, 0.25) is 0 Å². The maximum atomic E-state index is 11.0. The minimum Gasteiger partial charge on any atom is -0.370 e. The Bertz CT molecular complexity index is 468. The molecule has 1 amide bonds. The Balaban J connectivity index is 2.20. The highest BCUT2D eigenvalue weighted by atomic mass is 16.1. The second-order valence-corrected chi connectivity index (χ2v) is 5.46. The zero-order valence-electron chi connectivity index (χ0n) is 13.5. The number of hydrogen-bond acceptors (Lipinski definition) is 2. The molecule has 122 valence electrons. The summed E-state index contributed by atoms with van der Waals surface area (Å²) < 4.78 is 0. The Kier molecular flexibility index (Phi) is 8.72. The Hall–Kier alpha value is -2.04. The predicted molar refractivity (Wildman–Crippen MR) is 91.7 cm³/mol.